The van der Waals surface area contributed by atoms with E-state index in [1.165, 1.54) is 0 Å². The number of ether oxygens (including phenoxy) is 2. The van der Waals surface area contributed by atoms with Crippen molar-refractivity contribution in [3.05, 3.63) is 211 Å². The molecule has 2 fully saturated rings. The summed E-state index contributed by atoms with van der Waals surface area (Å²) in [6.45, 7) is 0. The number of benzene rings is 4. The summed E-state index contributed by atoms with van der Waals surface area (Å²) in [5, 5.41) is 2.56. The van der Waals surface area contributed by atoms with Gasteiger partial charge in [-0.15, -0.1) is 0 Å². The number of hydrogen-bond donors (Lipinski definition) is 0. The Labute approximate surface area is 356 Å². The lowest BCUT2D eigenvalue weighted by Gasteiger charge is -2.40. The molecule has 2 aliphatic rings. The number of carbonyl (C=O) groups is 2. The number of hydrogen-bond acceptors (Lipinski definition) is 6. The maximum Gasteiger partial charge on any atom is 0.289 e. The van der Waals surface area contributed by atoms with Gasteiger partial charge < -0.3 is 19.3 Å². The van der Waals surface area contributed by atoms with Crippen LogP contribution in [0.2, 0.25) is 20.1 Å². The summed E-state index contributed by atoms with van der Waals surface area (Å²) < 4.78 is 12.5. The van der Waals surface area contributed by atoms with Gasteiger partial charge in [0.25, 0.3) is 11.8 Å². The Morgan fingerprint density at radius 1 is 0.483 bits per heavy atom. The van der Waals surface area contributed by atoms with Gasteiger partial charge in [-0.25, -0.2) is 0 Å². The van der Waals surface area contributed by atoms with E-state index in [1.54, 1.807) is 60.8 Å². The average molecular weight is 851 g/mol. The second-order valence-electron chi connectivity index (χ2n) is 13.6. The van der Waals surface area contributed by atoms with Gasteiger partial charge in [0.15, 0.2) is 11.5 Å². The molecule has 2 saturated heterocycles. The molecular formula is C46H36Cl4N4O4. The number of pyridine rings is 2. The van der Waals surface area contributed by atoms with E-state index in [2.05, 4.69) is 9.97 Å². The molecule has 58 heavy (non-hydrogen) atoms. The van der Waals surface area contributed by atoms with E-state index in [0.29, 0.717) is 20.1 Å². The van der Waals surface area contributed by atoms with Gasteiger partial charge in [0.1, 0.15) is 12.2 Å². The molecule has 2 aliphatic heterocycles. The van der Waals surface area contributed by atoms with E-state index in [-0.39, 0.29) is 35.4 Å². The molecular weight excluding hydrogens is 814 g/mol. The van der Waals surface area contributed by atoms with Crippen molar-refractivity contribution in [1.29, 1.82) is 0 Å². The Bertz CT molecular complexity index is 2240. The average Bonchev–Trinajstić information content (AvgIpc) is 3.24. The second kappa shape index (κ2) is 18.3. The zero-order chi connectivity index (χ0) is 40.8. The normalized spacial score (nSPS) is 20.6. The van der Waals surface area contributed by atoms with Gasteiger partial charge >= 0.3 is 0 Å². The highest BCUT2D eigenvalue weighted by atomic mass is 35.5. The molecule has 0 N–H and O–H groups in total. The summed E-state index contributed by atoms with van der Waals surface area (Å²) in [6, 6.07) is 36.6. The van der Waals surface area contributed by atoms with Gasteiger partial charge in [-0.1, -0.05) is 107 Å². The molecule has 0 saturated carbocycles. The van der Waals surface area contributed by atoms with E-state index in [1.807, 2.05) is 121 Å². The molecule has 2 amide bonds. The zero-order valence-corrected chi connectivity index (χ0v) is 34.3. The van der Waals surface area contributed by atoms with Gasteiger partial charge in [-0.3, -0.25) is 19.6 Å². The summed E-state index contributed by atoms with van der Waals surface area (Å²) in [7, 11) is 3.56. The van der Waals surface area contributed by atoms with Crippen LogP contribution in [0.4, 0.5) is 0 Å². The molecule has 0 spiro atoms. The highest BCUT2D eigenvalue weighted by molar-refractivity contribution is 6.31. The second-order valence-corrected chi connectivity index (χ2v) is 15.3. The lowest BCUT2D eigenvalue weighted by Crippen LogP contribution is -2.42. The quantitative estimate of drug-likeness (QED) is 0.155. The Morgan fingerprint density at radius 3 is 1.09 bits per heavy atom. The molecule has 0 unspecified atom stereocenters. The Kier molecular flexibility index (Phi) is 12.8. The van der Waals surface area contributed by atoms with Crippen LogP contribution in [0, 0.1) is 0 Å². The van der Waals surface area contributed by atoms with Crippen LogP contribution in [-0.2, 0) is 19.1 Å². The van der Waals surface area contributed by atoms with E-state index >= 15 is 0 Å². The minimum absolute atomic E-state index is 0.195. The lowest BCUT2D eigenvalue weighted by molar-refractivity contribution is -0.145. The molecule has 8 rings (SSSR count). The van der Waals surface area contributed by atoms with Crippen molar-refractivity contribution >= 4 is 70.4 Å². The number of amides is 2. The van der Waals surface area contributed by atoms with Gasteiger partial charge in [-0.2, -0.15) is 0 Å². The van der Waals surface area contributed by atoms with Crippen molar-refractivity contribution in [2.45, 2.75) is 24.3 Å². The summed E-state index contributed by atoms with van der Waals surface area (Å²) >= 11 is 24.3. The monoisotopic (exact) mass is 848 g/mol. The largest absolute Gasteiger partial charge is 0.477 e. The standard InChI is InChI=1S/2C23H18Cl2N2O2/c2*1-27-21(16-4-8-18(24)9-5-16)22(17-6-10-19(25)11-7-17)29-20(23(27)28)13-15-3-2-12-26-14-15/h2*2-14,21-22H,1H3/b2*20-13-/t2*21-,22+/m10/s1. The molecule has 4 heterocycles. The number of aromatic nitrogens is 2. The van der Waals surface area contributed by atoms with Gasteiger partial charge in [0, 0.05) is 59.0 Å². The van der Waals surface area contributed by atoms with Crippen LogP contribution >= 0.6 is 46.4 Å². The smallest absolute Gasteiger partial charge is 0.289 e. The third-order valence-corrected chi connectivity index (χ3v) is 10.8. The maximum absolute atomic E-state index is 13.1. The van der Waals surface area contributed by atoms with E-state index in [0.717, 1.165) is 33.4 Å². The number of halogens is 4. The first-order valence-corrected chi connectivity index (χ1v) is 19.7. The Balaban J connectivity index is 0.000000177. The first-order valence-electron chi connectivity index (χ1n) is 18.2. The fraction of sp³-hybridized carbons (Fsp3) is 0.130. The fourth-order valence-electron chi connectivity index (χ4n) is 6.85. The van der Waals surface area contributed by atoms with Crippen molar-refractivity contribution in [1.82, 2.24) is 19.8 Å². The van der Waals surface area contributed by atoms with Crippen molar-refractivity contribution in [2.24, 2.45) is 0 Å². The molecule has 4 aromatic carbocycles. The minimum Gasteiger partial charge on any atom is -0.477 e. The molecule has 4 atom stereocenters. The number of likely N-dealkylation sites (N-methyl/N-ethyl adjacent to an activating group) is 2. The minimum atomic E-state index is -0.404. The van der Waals surface area contributed by atoms with Crippen molar-refractivity contribution < 1.29 is 19.1 Å². The summed E-state index contributed by atoms with van der Waals surface area (Å²) in [6.07, 6.45) is 9.37. The first kappa shape index (κ1) is 40.6. The van der Waals surface area contributed by atoms with E-state index in [9.17, 15) is 9.59 Å². The molecule has 0 aliphatic carbocycles. The van der Waals surface area contributed by atoms with Crippen LogP contribution in [0.5, 0.6) is 0 Å². The Hall–Kier alpha value is -5.64. The first-order chi connectivity index (χ1) is 28.0. The Morgan fingerprint density at radius 2 is 0.793 bits per heavy atom. The molecule has 12 heteroatoms. The number of morpholine rings is 2. The zero-order valence-electron chi connectivity index (χ0n) is 31.3. The van der Waals surface area contributed by atoms with Crippen molar-refractivity contribution in [2.75, 3.05) is 14.1 Å². The molecule has 292 valence electrons. The molecule has 0 bridgehead atoms. The summed E-state index contributed by atoms with van der Waals surface area (Å²) in [4.78, 5) is 37.8. The summed E-state index contributed by atoms with van der Waals surface area (Å²) in [5.41, 5.74) is 5.31. The molecule has 6 aromatic rings. The SMILES string of the molecule is CN1C(=O)/C(=C/c2cccnc2)O[C@@H](c2ccc(Cl)cc2)[C@H]1c1ccc(Cl)cc1.CN1C(=O)/C(=C/c2cccnc2)O[C@H](c2ccc(Cl)cc2)[C@@H]1c1ccc(Cl)cc1. The lowest BCUT2D eigenvalue weighted by atomic mass is 9.92. The third-order valence-electron chi connectivity index (χ3n) is 9.76. The highest BCUT2D eigenvalue weighted by Gasteiger charge is 2.41. The van der Waals surface area contributed by atoms with Crippen LogP contribution in [-0.4, -0.2) is 45.7 Å². The summed E-state index contributed by atoms with van der Waals surface area (Å²) in [5.74, 6) is 0.148. The number of nitrogens with zero attached hydrogens (tertiary/aromatic N) is 4. The van der Waals surface area contributed by atoms with Crippen LogP contribution in [0.15, 0.2) is 158 Å². The van der Waals surface area contributed by atoms with Crippen LogP contribution < -0.4 is 0 Å². The van der Waals surface area contributed by atoms with Gasteiger partial charge in [-0.05, 0) is 106 Å². The topological polar surface area (TPSA) is 84.9 Å². The van der Waals surface area contributed by atoms with Crippen molar-refractivity contribution in [3.63, 3.8) is 0 Å². The molecule has 8 nitrogen and oxygen atoms in total. The van der Waals surface area contributed by atoms with Crippen LogP contribution in [0.25, 0.3) is 12.2 Å². The third kappa shape index (κ3) is 9.38. The van der Waals surface area contributed by atoms with E-state index in [4.69, 9.17) is 55.9 Å². The van der Waals surface area contributed by atoms with Crippen LogP contribution in [0.3, 0.4) is 0 Å². The number of rotatable bonds is 6. The van der Waals surface area contributed by atoms with Gasteiger partial charge in [0.2, 0.25) is 0 Å². The van der Waals surface area contributed by atoms with E-state index < -0.39 is 12.2 Å². The molecule has 2 aromatic heterocycles. The fourth-order valence-corrected chi connectivity index (χ4v) is 7.35. The molecule has 0 radical (unpaired) electrons. The van der Waals surface area contributed by atoms with Gasteiger partial charge in [0.05, 0.1) is 12.1 Å². The van der Waals surface area contributed by atoms with Crippen LogP contribution in [0.1, 0.15) is 57.7 Å². The number of carbonyl (C=O) groups excluding carboxylic acids is 2. The predicted molar refractivity (Wildman–Crippen MR) is 229 cm³/mol. The maximum atomic E-state index is 13.1. The van der Waals surface area contributed by atoms with Crippen molar-refractivity contribution in [3.8, 4) is 0 Å². The highest BCUT2D eigenvalue weighted by Crippen LogP contribution is 2.44. The predicted octanol–water partition coefficient (Wildman–Crippen LogP) is 11.4.